The molecule has 16 heavy (non-hydrogen) atoms. The molecule has 0 spiro atoms. The summed E-state index contributed by atoms with van der Waals surface area (Å²) in [4.78, 5) is 2.30. The van der Waals surface area contributed by atoms with Crippen LogP contribution in [0.4, 0.5) is 0 Å². The fourth-order valence-corrected chi connectivity index (χ4v) is 3.35. The Morgan fingerprint density at radius 1 is 1.44 bits per heavy atom. The maximum absolute atomic E-state index is 10.9. The van der Waals surface area contributed by atoms with Gasteiger partial charge in [-0.2, -0.15) is 0 Å². The van der Waals surface area contributed by atoms with Gasteiger partial charge < -0.3 is 19.8 Å². The van der Waals surface area contributed by atoms with E-state index in [9.17, 15) is 10.2 Å². The van der Waals surface area contributed by atoms with Gasteiger partial charge in [0.15, 0.2) is 0 Å². The van der Waals surface area contributed by atoms with Crippen molar-refractivity contribution in [2.75, 3.05) is 40.0 Å². The average molecular weight is 229 g/mol. The Bertz CT molecular complexity index is 253. The molecular weight excluding hydrogens is 206 g/mol. The van der Waals surface area contributed by atoms with Crippen molar-refractivity contribution in [2.24, 2.45) is 11.3 Å². The van der Waals surface area contributed by atoms with E-state index in [1.165, 1.54) is 0 Å². The van der Waals surface area contributed by atoms with Crippen molar-refractivity contribution in [3.05, 3.63) is 0 Å². The highest BCUT2D eigenvalue weighted by atomic mass is 16.5. The van der Waals surface area contributed by atoms with Crippen LogP contribution in [0.15, 0.2) is 0 Å². The monoisotopic (exact) mass is 229 g/mol. The molecule has 2 bridgehead atoms. The van der Waals surface area contributed by atoms with Crippen molar-refractivity contribution in [1.29, 1.82) is 0 Å². The summed E-state index contributed by atoms with van der Waals surface area (Å²) < 4.78 is 5.19. The van der Waals surface area contributed by atoms with Gasteiger partial charge in [0.2, 0.25) is 0 Å². The van der Waals surface area contributed by atoms with E-state index in [1.54, 1.807) is 7.11 Å². The number of methoxy groups -OCH3 is 1. The summed E-state index contributed by atoms with van der Waals surface area (Å²) in [6.07, 6.45) is 2.08. The van der Waals surface area contributed by atoms with Gasteiger partial charge in [-0.1, -0.05) is 6.92 Å². The molecule has 2 N–H and O–H groups in total. The minimum Gasteiger partial charge on any atom is -0.396 e. The third-order valence-corrected chi connectivity index (χ3v) is 4.58. The number of aliphatic hydroxyl groups excluding tert-OH is 1. The molecule has 0 aliphatic carbocycles. The molecule has 2 atom stereocenters. The molecule has 94 valence electrons. The molecule has 3 heterocycles. The molecule has 0 saturated carbocycles. The van der Waals surface area contributed by atoms with Crippen LogP contribution in [-0.2, 0) is 4.74 Å². The van der Waals surface area contributed by atoms with E-state index in [0.29, 0.717) is 19.1 Å². The van der Waals surface area contributed by atoms with Gasteiger partial charge in [0, 0.05) is 19.1 Å². The second-order valence-electron chi connectivity index (χ2n) is 5.63. The van der Waals surface area contributed by atoms with Crippen LogP contribution in [0.2, 0.25) is 0 Å². The Morgan fingerprint density at radius 2 is 2.06 bits per heavy atom. The van der Waals surface area contributed by atoms with Crippen LogP contribution < -0.4 is 0 Å². The Labute approximate surface area is 97.2 Å². The first-order valence-corrected chi connectivity index (χ1v) is 6.10. The van der Waals surface area contributed by atoms with Gasteiger partial charge in [-0.3, -0.25) is 0 Å². The van der Waals surface area contributed by atoms with Crippen molar-refractivity contribution >= 4 is 0 Å². The predicted octanol–water partition coefficient (Wildman–Crippen LogP) is 0.0881. The molecule has 0 aromatic rings. The Morgan fingerprint density at radius 3 is 2.44 bits per heavy atom. The van der Waals surface area contributed by atoms with Gasteiger partial charge in [0.05, 0.1) is 18.8 Å². The van der Waals surface area contributed by atoms with Crippen LogP contribution in [0.5, 0.6) is 0 Å². The van der Waals surface area contributed by atoms with Gasteiger partial charge in [0.1, 0.15) is 0 Å². The summed E-state index contributed by atoms with van der Waals surface area (Å²) in [5.41, 5.74) is -1.35. The molecule has 3 aliphatic heterocycles. The lowest BCUT2D eigenvalue weighted by atomic mass is 9.61. The molecular formula is C12H23NO3. The fraction of sp³-hybridized carbons (Fsp3) is 1.00. The lowest BCUT2D eigenvalue weighted by Gasteiger charge is -2.57. The van der Waals surface area contributed by atoms with E-state index < -0.39 is 11.0 Å². The maximum atomic E-state index is 10.9. The largest absolute Gasteiger partial charge is 0.396 e. The minimum atomic E-state index is -0.797. The van der Waals surface area contributed by atoms with E-state index >= 15 is 0 Å². The van der Waals surface area contributed by atoms with Crippen LogP contribution in [0.25, 0.3) is 0 Å². The van der Waals surface area contributed by atoms with E-state index in [0.717, 1.165) is 25.9 Å². The van der Waals surface area contributed by atoms with Crippen LogP contribution in [0.3, 0.4) is 0 Å². The highest BCUT2D eigenvalue weighted by Gasteiger charge is 2.56. The number of fused-ring (bicyclic) bond motifs is 3. The molecule has 3 aliphatic rings. The Balaban J connectivity index is 2.22. The summed E-state index contributed by atoms with van der Waals surface area (Å²) in [7, 11) is 1.62. The minimum absolute atomic E-state index is 0.0261. The van der Waals surface area contributed by atoms with Crippen molar-refractivity contribution in [2.45, 2.75) is 25.4 Å². The first-order valence-electron chi connectivity index (χ1n) is 6.10. The predicted molar refractivity (Wildman–Crippen MR) is 61.2 cm³/mol. The molecule has 0 radical (unpaired) electrons. The summed E-state index contributed by atoms with van der Waals surface area (Å²) in [5, 5.41) is 20.5. The van der Waals surface area contributed by atoms with E-state index in [1.807, 2.05) is 6.92 Å². The summed E-state index contributed by atoms with van der Waals surface area (Å²) in [6, 6.07) is 0. The quantitative estimate of drug-likeness (QED) is 0.717. The third kappa shape index (κ3) is 1.68. The molecule has 3 saturated heterocycles. The highest BCUT2D eigenvalue weighted by Crippen LogP contribution is 2.46. The van der Waals surface area contributed by atoms with E-state index in [2.05, 4.69) is 4.90 Å². The van der Waals surface area contributed by atoms with Gasteiger partial charge >= 0.3 is 0 Å². The van der Waals surface area contributed by atoms with Crippen molar-refractivity contribution in [3.63, 3.8) is 0 Å². The van der Waals surface area contributed by atoms with Crippen LogP contribution in [0.1, 0.15) is 19.8 Å². The number of rotatable bonds is 4. The molecule has 3 rings (SSSR count). The van der Waals surface area contributed by atoms with Crippen molar-refractivity contribution in [1.82, 2.24) is 4.90 Å². The van der Waals surface area contributed by atoms with E-state index in [4.69, 9.17) is 4.74 Å². The van der Waals surface area contributed by atoms with Crippen LogP contribution in [-0.4, -0.2) is 60.7 Å². The van der Waals surface area contributed by atoms with Gasteiger partial charge in [-0.25, -0.2) is 0 Å². The van der Waals surface area contributed by atoms with Crippen molar-refractivity contribution in [3.8, 4) is 0 Å². The number of nitrogens with zero attached hydrogens (tertiary/aromatic N) is 1. The summed E-state index contributed by atoms with van der Waals surface area (Å²) in [5.74, 6) is 0.310. The normalized spacial score (nSPS) is 42.0. The zero-order valence-electron chi connectivity index (χ0n) is 10.3. The molecule has 3 fully saturated rings. The first kappa shape index (κ1) is 12.3. The summed E-state index contributed by atoms with van der Waals surface area (Å²) >= 11 is 0. The van der Waals surface area contributed by atoms with Crippen LogP contribution >= 0.6 is 0 Å². The fourth-order valence-electron chi connectivity index (χ4n) is 3.35. The summed E-state index contributed by atoms with van der Waals surface area (Å²) in [6.45, 7) is 5.16. The number of ether oxygens (including phenoxy) is 1. The first-order chi connectivity index (χ1) is 7.55. The zero-order chi connectivity index (χ0) is 11.8. The third-order valence-electron chi connectivity index (χ3n) is 4.58. The molecule has 0 amide bonds. The van der Waals surface area contributed by atoms with Gasteiger partial charge in [0.25, 0.3) is 0 Å². The number of hydrogen-bond acceptors (Lipinski definition) is 4. The molecule has 4 heteroatoms. The second-order valence-corrected chi connectivity index (χ2v) is 5.63. The SMILES string of the molecule is COCC(C)(CO)C1(O)CN2CCC1CC2. The lowest BCUT2D eigenvalue weighted by Crippen LogP contribution is -2.68. The maximum Gasteiger partial charge on any atom is 0.0900 e. The second kappa shape index (κ2) is 4.26. The molecule has 0 aromatic heterocycles. The van der Waals surface area contributed by atoms with Gasteiger partial charge in [-0.15, -0.1) is 0 Å². The van der Waals surface area contributed by atoms with Gasteiger partial charge in [-0.05, 0) is 31.8 Å². The number of piperidine rings is 3. The number of hydrogen-bond donors (Lipinski definition) is 2. The average Bonchev–Trinajstić information content (AvgIpc) is 2.30. The zero-order valence-corrected chi connectivity index (χ0v) is 10.3. The lowest BCUT2D eigenvalue weighted by molar-refractivity contribution is -0.207. The Hall–Kier alpha value is -0.160. The Kier molecular flexibility index (Phi) is 3.27. The number of aliphatic hydroxyl groups is 2. The highest BCUT2D eigenvalue weighted by molar-refractivity contribution is 5.07. The topological polar surface area (TPSA) is 52.9 Å². The molecule has 2 unspecified atom stereocenters. The molecule has 0 aromatic carbocycles. The smallest absolute Gasteiger partial charge is 0.0900 e. The van der Waals surface area contributed by atoms with Crippen LogP contribution in [0, 0.1) is 11.3 Å². The van der Waals surface area contributed by atoms with Crippen molar-refractivity contribution < 1.29 is 14.9 Å². The van der Waals surface area contributed by atoms with E-state index in [-0.39, 0.29) is 6.61 Å². The molecule has 4 nitrogen and oxygen atoms in total. The standard InChI is InChI=1S/C12H23NO3/c1-11(8-14,9-16-2)12(15)7-13-5-3-10(12)4-6-13/h10,14-15H,3-9H2,1-2H3.